The number of hydrogen-bond acceptors (Lipinski definition) is 6. The highest BCUT2D eigenvalue weighted by molar-refractivity contribution is 5.98. The number of hydrogen-bond donors (Lipinski definition) is 6. The monoisotopic (exact) mass is 312 g/mol. The largest absolute Gasteiger partial charge is 0.477 e. The van der Waals surface area contributed by atoms with Gasteiger partial charge in [-0.05, 0) is 0 Å². The average molecular weight is 312 g/mol. The number of aromatic amines is 2. The van der Waals surface area contributed by atoms with E-state index in [0.717, 1.165) is 12.5 Å². The smallest absolute Gasteiger partial charge is 0.371 e. The van der Waals surface area contributed by atoms with Crippen LogP contribution in [0.25, 0.3) is 0 Å². The minimum atomic E-state index is -1.36. The molecule has 12 heteroatoms. The molecule has 0 spiro atoms. The van der Waals surface area contributed by atoms with Crippen molar-refractivity contribution in [3.63, 3.8) is 0 Å². The third-order valence-corrected chi connectivity index (χ3v) is 2.06. The SMILES string of the molecule is O=C(O)c1cnc(C(=O)O)[nH]1.O=C(O)c1nc[nH]c1C(=O)O. The van der Waals surface area contributed by atoms with Crippen molar-refractivity contribution < 1.29 is 39.6 Å². The van der Waals surface area contributed by atoms with E-state index in [1.54, 1.807) is 0 Å². The first kappa shape index (κ1) is 16.4. The van der Waals surface area contributed by atoms with E-state index in [9.17, 15) is 19.2 Å². The van der Waals surface area contributed by atoms with E-state index in [1.165, 1.54) is 0 Å². The van der Waals surface area contributed by atoms with Gasteiger partial charge >= 0.3 is 23.9 Å². The van der Waals surface area contributed by atoms with Crippen LogP contribution in [0.15, 0.2) is 12.5 Å². The zero-order valence-corrected chi connectivity index (χ0v) is 10.5. The van der Waals surface area contributed by atoms with Gasteiger partial charge in [0.25, 0.3) is 0 Å². The molecule has 0 saturated carbocycles. The fourth-order valence-corrected chi connectivity index (χ4v) is 1.16. The average Bonchev–Trinajstić information content (AvgIpc) is 3.09. The summed E-state index contributed by atoms with van der Waals surface area (Å²) in [7, 11) is 0. The normalized spacial score (nSPS) is 9.45. The topological polar surface area (TPSA) is 207 Å². The first-order chi connectivity index (χ1) is 10.2. The van der Waals surface area contributed by atoms with Crippen LogP contribution in [0.1, 0.15) is 42.1 Å². The van der Waals surface area contributed by atoms with E-state index >= 15 is 0 Å². The highest BCUT2D eigenvalue weighted by Gasteiger charge is 2.18. The predicted molar refractivity (Wildman–Crippen MR) is 65.0 cm³/mol. The van der Waals surface area contributed by atoms with Gasteiger partial charge in [0.15, 0.2) is 11.4 Å². The summed E-state index contributed by atoms with van der Waals surface area (Å²) in [5, 5.41) is 33.3. The van der Waals surface area contributed by atoms with Gasteiger partial charge in [0.1, 0.15) is 5.69 Å². The summed E-state index contributed by atoms with van der Waals surface area (Å²) in [6.07, 6.45) is 1.97. The van der Waals surface area contributed by atoms with Gasteiger partial charge < -0.3 is 30.4 Å². The molecule has 0 aliphatic heterocycles. The van der Waals surface area contributed by atoms with Gasteiger partial charge in [0.05, 0.1) is 12.5 Å². The number of nitrogens with zero attached hydrogens (tertiary/aromatic N) is 2. The Morgan fingerprint density at radius 2 is 1.50 bits per heavy atom. The van der Waals surface area contributed by atoms with Crippen molar-refractivity contribution in [2.75, 3.05) is 0 Å². The van der Waals surface area contributed by atoms with Gasteiger partial charge in [-0.1, -0.05) is 0 Å². The zero-order chi connectivity index (χ0) is 16.9. The number of carboxylic acids is 4. The van der Waals surface area contributed by atoms with Gasteiger partial charge in [0, 0.05) is 0 Å². The number of H-pyrrole nitrogens is 2. The third kappa shape index (κ3) is 3.89. The highest BCUT2D eigenvalue weighted by Crippen LogP contribution is 2.01. The Balaban J connectivity index is 0.000000220. The number of aromatic nitrogens is 4. The molecule has 0 aliphatic carbocycles. The van der Waals surface area contributed by atoms with Gasteiger partial charge in [-0.2, -0.15) is 0 Å². The molecule has 0 aliphatic rings. The van der Waals surface area contributed by atoms with Crippen molar-refractivity contribution in [1.82, 2.24) is 19.9 Å². The molecule has 22 heavy (non-hydrogen) atoms. The lowest BCUT2D eigenvalue weighted by Gasteiger charge is -1.88. The van der Waals surface area contributed by atoms with Gasteiger partial charge in [-0.3, -0.25) is 0 Å². The van der Waals surface area contributed by atoms with Crippen molar-refractivity contribution in [1.29, 1.82) is 0 Å². The van der Waals surface area contributed by atoms with Crippen LogP contribution in [0, 0.1) is 0 Å². The number of nitrogens with one attached hydrogen (secondary N) is 2. The Labute approximate surface area is 120 Å². The lowest BCUT2D eigenvalue weighted by Crippen LogP contribution is -2.07. The summed E-state index contributed by atoms with van der Waals surface area (Å²) < 4.78 is 0. The molecular weight excluding hydrogens is 304 g/mol. The Hall–Kier alpha value is -3.70. The second-order valence-corrected chi connectivity index (χ2v) is 3.49. The Morgan fingerprint density at radius 3 is 1.82 bits per heavy atom. The van der Waals surface area contributed by atoms with Gasteiger partial charge in [-0.15, -0.1) is 0 Å². The van der Waals surface area contributed by atoms with E-state index in [2.05, 4.69) is 19.9 Å². The summed E-state index contributed by atoms with van der Waals surface area (Å²) in [5.41, 5.74) is -1.11. The molecule has 2 heterocycles. The summed E-state index contributed by atoms with van der Waals surface area (Å²) in [6, 6.07) is 0. The van der Waals surface area contributed by atoms with Crippen LogP contribution in [0.2, 0.25) is 0 Å². The standard InChI is InChI=1S/2C5H4N2O4/c8-4(9)2-3(5(10)11)7-1-6-2;8-4(9)2-1-6-3(7-2)5(10)11/h2*1H,(H,6,7)(H,8,9)(H,10,11). The molecule has 2 aromatic heterocycles. The van der Waals surface area contributed by atoms with Crippen molar-refractivity contribution in [3.05, 3.63) is 35.4 Å². The van der Waals surface area contributed by atoms with Crippen LogP contribution < -0.4 is 0 Å². The van der Waals surface area contributed by atoms with E-state index in [-0.39, 0.29) is 11.5 Å². The van der Waals surface area contributed by atoms with E-state index in [4.69, 9.17) is 20.4 Å². The predicted octanol–water partition coefficient (Wildman–Crippen LogP) is -0.388. The summed E-state index contributed by atoms with van der Waals surface area (Å²) in [6.45, 7) is 0. The summed E-state index contributed by atoms with van der Waals surface area (Å²) in [5.74, 6) is -5.58. The molecule has 116 valence electrons. The highest BCUT2D eigenvalue weighted by atomic mass is 16.4. The molecule has 0 amide bonds. The lowest BCUT2D eigenvalue weighted by atomic mass is 10.3. The number of aromatic carboxylic acids is 4. The van der Waals surface area contributed by atoms with Crippen LogP contribution in [0.5, 0.6) is 0 Å². The van der Waals surface area contributed by atoms with Crippen molar-refractivity contribution in [3.8, 4) is 0 Å². The third-order valence-electron chi connectivity index (χ3n) is 2.06. The fourth-order valence-electron chi connectivity index (χ4n) is 1.16. The maximum Gasteiger partial charge on any atom is 0.371 e. The maximum atomic E-state index is 10.3. The zero-order valence-electron chi connectivity index (χ0n) is 10.5. The number of rotatable bonds is 4. The van der Waals surface area contributed by atoms with Crippen LogP contribution >= 0.6 is 0 Å². The molecule has 12 nitrogen and oxygen atoms in total. The second kappa shape index (κ2) is 6.65. The van der Waals surface area contributed by atoms with Gasteiger partial charge in [-0.25, -0.2) is 29.1 Å². The van der Waals surface area contributed by atoms with Crippen LogP contribution in [0.4, 0.5) is 0 Å². The Bertz CT molecular complexity index is 674. The van der Waals surface area contributed by atoms with Crippen LogP contribution in [-0.4, -0.2) is 64.2 Å². The Kier molecular flexibility index (Phi) is 4.94. The van der Waals surface area contributed by atoms with Crippen molar-refractivity contribution in [2.24, 2.45) is 0 Å². The lowest BCUT2D eigenvalue weighted by molar-refractivity contribution is 0.0644. The van der Waals surface area contributed by atoms with Crippen LogP contribution in [-0.2, 0) is 0 Å². The number of carboxylic acid groups (broad SMARTS) is 4. The quantitative estimate of drug-likeness (QED) is 0.430. The minimum Gasteiger partial charge on any atom is -0.477 e. The first-order valence-electron chi connectivity index (χ1n) is 5.25. The fraction of sp³-hybridized carbons (Fsp3) is 0. The van der Waals surface area contributed by atoms with Crippen molar-refractivity contribution in [2.45, 2.75) is 0 Å². The minimum absolute atomic E-state index is 0.234. The molecule has 2 aromatic rings. The molecule has 6 N–H and O–H groups in total. The molecule has 0 atom stereocenters. The molecule has 0 bridgehead atoms. The number of carbonyl (C=O) groups is 4. The molecule has 2 rings (SSSR count). The molecule has 0 aromatic carbocycles. The van der Waals surface area contributed by atoms with E-state index in [0.29, 0.717) is 0 Å². The molecule has 0 unspecified atom stereocenters. The summed E-state index contributed by atoms with van der Waals surface area (Å²) >= 11 is 0. The van der Waals surface area contributed by atoms with Gasteiger partial charge in [0.2, 0.25) is 5.82 Å². The molecule has 0 fully saturated rings. The van der Waals surface area contributed by atoms with Crippen LogP contribution in [0.3, 0.4) is 0 Å². The maximum absolute atomic E-state index is 10.3. The van der Waals surface area contributed by atoms with E-state index < -0.39 is 35.3 Å². The second-order valence-electron chi connectivity index (χ2n) is 3.49. The van der Waals surface area contributed by atoms with Crippen molar-refractivity contribution >= 4 is 23.9 Å². The Morgan fingerprint density at radius 1 is 0.864 bits per heavy atom. The number of imidazole rings is 2. The first-order valence-corrected chi connectivity index (χ1v) is 5.25. The summed E-state index contributed by atoms with van der Waals surface area (Å²) in [4.78, 5) is 51.7. The molecule has 0 saturated heterocycles. The molecule has 0 radical (unpaired) electrons. The van der Waals surface area contributed by atoms with E-state index in [1.807, 2.05) is 0 Å². The molecular formula is C10H8N4O8.